The number of carbonyl (C=O) groups is 1. The number of thiophene rings is 1. The molecule has 1 aromatic carbocycles. The zero-order chi connectivity index (χ0) is 18.6. The fourth-order valence-electron chi connectivity index (χ4n) is 3.19. The first-order valence-corrected chi connectivity index (χ1v) is 9.82. The number of hydrogen-bond donors (Lipinski definition) is 1. The van der Waals surface area contributed by atoms with Crippen molar-refractivity contribution in [3.05, 3.63) is 57.5 Å². The lowest BCUT2D eigenvalue weighted by atomic mass is 10.1. The molecule has 0 aliphatic heterocycles. The number of aromatic nitrogens is 4. The van der Waals surface area contributed by atoms with Gasteiger partial charge in [-0.25, -0.2) is 10.1 Å². The highest BCUT2D eigenvalue weighted by molar-refractivity contribution is 7.14. The SMILES string of the molecule is C/C(=N/NC(=O)c1cc2c(s1)CCCCC2)c1cccc(-n2cnnn2)c1. The molecule has 8 heteroatoms. The van der Waals surface area contributed by atoms with Crippen molar-refractivity contribution in [2.24, 2.45) is 5.10 Å². The van der Waals surface area contributed by atoms with Gasteiger partial charge in [0, 0.05) is 4.88 Å². The Balaban J connectivity index is 1.48. The Kier molecular flexibility index (Phi) is 5.06. The quantitative estimate of drug-likeness (QED) is 0.428. The third kappa shape index (κ3) is 3.95. The summed E-state index contributed by atoms with van der Waals surface area (Å²) in [5.74, 6) is -0.149. The summed E-state index contributed by atoms with van der Waals surface area (Å²) >= 11 is 1.60. The van der Waals surface area contributed by atoms with Gasteiger partial charge >= 0.3 is 0 Å². The number of amides is 1. The van der Waals surface area contributed by atoms with E-state index in [0.29, 0.717) is 0 Å². The van der Waals surface area contributed by atoms with Gasteiger partial charge in [0.05, 0.1) is 16.3 Å². The molecule has 2 heterocycles. The van der Waals surface area contributed by atoms with Crippen molar-refractivity contribution < 1.29 is 4.79 Å². The molecular weight excluding hydrogens is 360 g/mol. The van der Waals surface area contributed by atoms with Crippen LogP contribution in [-0.2, 0) is 12.8 Å². The van der Waals surface area contributed by atoms with Crippen LogP contribution in [0.15, 0.2) is 41.8 Å². The fourth-order valence-corrected chi connectivity index (χ4v) is 4.33. The number of rotatable bonds is 4. The number of tetrazole rings is 1. The summed E-state index contributed by atoms with van der Waals surface area (Å²) < 4.78 is 1.58. The van der Waals surface area contributed by atoms with Crippen molar-refractivity contribution in [2.45, 2.75) is 39.0 Å². The van der Waals surface area contributed by atoms with Crippen LogP contribution in [0, 0.1) is 0 Å². The molecule has 7 nitrogen and oxygen atoms in total. The summed E-state index contributed by atoms with van der Waals surface area (Å²) in [6.45, 7) is 1.86. The van der Waals surface area contributed by atoms with Crippen molar-refractivity contribution in [1.29, 1.82) is 0 Å². The van der Waals surface area contributed by atoms with E-state index >= 15 is 0 Å². The molecule has 0 spiro atoms. The Morgan fingerprint density at radius 2 is 2.11 bits per heavy atom. The van der Waals surface area contributed by atoms with Crippen molar-refractivity contribution in [3.8, 4) is 5.69 Å². The second-order valence-electron chi connectivity index (χ2n) is 6.56. The fraction of sp³-hybridized carbons (Fsp3) is 0.316. The average Bonchev–Trinajstić information content (AvgIpc) is 3.32. The van der Waals surface area contributed by atoms with Gasteiger partial charge in [-0.3, -0.25) is 4.79 Å². The van der Waals surface area contributed by atoms with E-state index in [9.17, 15) is 4.79 Å². The zero-order valence-corrected chi connectivity index (χ0v) is 15.9. The van der Waals surface area contributed by atoms with Gasteiger partial charge in [-0.2, -0.15) is 5.10 Å². The summed E-state index contributed by atoms with van der Waals surface area (Å²) in [5, 5.41) is 15.5. The topological polar surface area (TPSA) is 85.1 Å². The summed E-state index contributed by atoms with van der Waals surface area (Å²) in [5.41, 5.74) is 6.47. The molecule has 0 radical (unpaired) electrons. The van der Waals surface area contributed by atoms with Gasteiger partial charge in [0.15, 0.2) is 0 Å². The first-order chi connectivity index (χ1) is 13.2. The molecule has 1 amide bonds. The molecule has 0 saturated heterocycles. The third-order valence-electron chi connectivity index (χ3n) is 4.67. The lowest BCUT2D eigenvalue weighted by Crippen LogP contribution is -2.18. The Bertz CT molecular complexity index is 953. The number of hydrogen-bond acceptors (Lipinski definition) is 6. The molecule has 0 fully saturated rings. The summed E-state index contributed by atoms with van der Waals surface area (Å²) in [6.07, 6.45) is 7.39. The lowest BCUT2D eigenvalue weighted by molar-refractivity contribution is 0.0959. The molecule has 1 N–H and O–H groups in total. The minimum absolute atomic E-state index is 0.149. The molecule has 1 aliphatic carbocycles. The minimum Gasteiger partial charge on any atom is -0.266 e. The van der Waals surface area contributed by atoms with Gasteiger partial charge < -0.3 is 0 Å². The Hall–Kier alpha value is -2.87. The van der Waals surface area contributed by atoms with E-state index in [-0.39, 0.29) is 5.91 Å². The number of fused-ring (bicyclic) bond motifs is 1. The van der Waals surface area contributed by atoms with Crippen molar-refractivity contribution in [1.82, 2.24) is 25.6 Å². The van der Waals surface area contributed by atoms with Crippen molar-refractivity contribution >= 4 is 23.0 Å². The maximum Gasteiger partial charge on any atom is 0.281 e. The number of nitrogens with zero attached hydrogens (tertiary/aromatic N) is 5. The van der Waals surface area contributed by atoms with Crippen molar-refractivity contribution in [2.75, 3.05) is 0 Å². The normalized spacial score (nSPS) is 14.5. The molecule has 3 aromatic rings. The second-order valence-corrected chi connectivity index (χ2v) is 7.70. The van der Waals surface area contributed by atoms with Crippen LogP contribution in [0.3, 0.4) is 0 Å². The van der Waals surface area contributed by atoms with Gasteiger partial charge in [0.25, 0.3) is 5.91 Å². The molecular formula is C19H20N6OS. The van der Waals surface area contributed by atoms with E-state index in [1.54, 1.807) is 16.0 Å². The molecule has 0 saturated carbocycles. The first kappa shape index (κ1) is 17.5. The van der Waals surface area contributed by atoms with Crippen molar-refractivity contribution in [3.63, 3.8) is 0 Å². The van der Waals surface area contributed by atoms with E-state index in [1.807, 2.05) is 37.3 Å². The zero-order valence-electron chi connectivity index (χ0n) is 15.1. The summed E-state index contributed by atoms with van der Waals surface area (Å²) in [6, 6.07) is 9.71. The molecule has 1 aliphatic rings. The molecule has 4 rings (SSSR count). The maximum atomic E-state index is 12.5. The highest BCUT2D eigenvalue weighted by Crippen LogP contribution is 2.28. The number of carbonyl (C=O) groups excluding carboxylic acids is 1. The van der Waals surface area contributed by atoms with Crippen LogP contribution in [0.1, 0.15) is 51.9 Å². The van der Waals surface area contributed by atoms with Crippen LogP contribution >= 0.6 is 11.3 Å². The van der Waals surface area contributed by atoms with E-state index in [1.165, 1.54) is 36.0 Å². The average molecular weight is 380 g/mol. The first-order valence-electron chi connectivity index (χ1n) is 9.01. The predicted molar refractivity (Wildman–Crippen MR) is 104 cm³/mol. The van der Waals surface area contributed by atoms with E-state index in [0.717, 1.165) is 34.7 Å². The summed E-state index contributed by atoms with van der Waals surface area (Å²) in [4.78, 5) is 14.6. The summed E-state index contributed by atoms with van der Waals surface area (Å²) in [7, 11) is 0. The van der Waals surface area contributed by atoms with Gasteiger partial charge in [-0.15, -0.1) is 16.4 Å². The largest absolute Gasteiger partial charge is 0.281 e. The molecule has 138 valence electrons. The van der Waals surface area contributed by atoms with E-state index in [4.69, 9.17) is 0 Å². The highest BCUT2D eigenvalue weighted by atomic mass is 32.1. The molecule has 0 atom stereocenters. The number of aryl methyl sites for hydroxylation is 2. The Morgan fingerprint density at radius 3 is 2.96 bits per heavy atom. The number of benzene rings is 1. The number of nitrogens with one attached hydrogen (secondary N) is 1. The van der Waals surface area contributed by atoms with Crippen LogP contribution in [0.4, 0.5) is 0 Å². The molecule has 0 unspecified atom stereocenters. The maximum absolute atomic E-state index is 12.5. The standard InChI is InChI=1S/C19H20N6OS/c1-13(14-7-5-8-16(10-14)25-12-20-23-24-25)21-22-19(26)18-11-15-6-3-2-4-9-17(15)27-18/h5,7-8,10-12H,2-4,6,9H2,1H3,(H,22,26)/b21-13-. The minimum atomic E-state index is -0.149. The Labute approximate surface area is 161 Å². The van der Waals surface area contributed by atoms with Crippen LogP contribution in [0.25, 0.3) is 5.69 Å². The second kappa shape index (κ2) is 7.79. The van der Waals surface area contributed by atoms with Crippen LogP contribution < -0.4 is 5.43 Å². The third-order valence-corrected chi connectivity index (χ3v) is 5.91. The van der Waals surface area contributed by atoms with Gasteiger partial charge in [0.2, 0.25) is 0 Å². The van der Waals surface area contributed by atoms with Crippen LogP contribution in [-0.4, -0.2) is 31.8 Å². The highest BCUT2D eigenvalue weighted by Gasteiger charge is 2.16. The number of hydrazone groups is 1. The van der Waals surface area contributed by atoms with Crippen LogP contribution in [0.5, 0.6) is 0 Å². The predicted octanol–water partition coefficient (Wildman–Crippen LogP) is 3.15. The monoisotopic (exact) mass is 380 g/mol. The van der Waals surface area contributed by atoms with Gasteiger partial charge in [-0.1, -0.05) is 18.6 Å². The smallest absolute Gasteiger partial charge is 0.266 e. The Morgan fingerprint density at radius 1 is 1.22 bits per heavy atom. The lowest BCUT2D eigenvalue weighted by Gasteiger charge is -2.05. The van der Waals surface area contributed by atoms with E-state index in [2.05, 4.69) is 26.1 Å². The van der Waals surface area contributed by atoms with Gasteiger partial charge in [-0.05, 0) is 72.4 Å². The van der Waals surface area contributed by atoms with Gasteiger partial charge in [0.1, 0.15) is 6.33 Å². The van der Waals surface area contributed by atoms with E-state index < -0.39 is 0 Å². The molecule has 2 aromatic heterocycles. The molecule has 27 heavy (non-hydrogen) atoms. The van der Waals surface area contributed by atoms with Crippen LogP contribution in [0.2, 0.25) is 0 Å². The molecule has 0 bridgehead atoms.